The fraction of sp³-hybridized carbons (Fsp3) is 0.207. The van der Waals surface area contributed by atoms with Gasteiger partial charge in [0.1, 0.15) is 29.7 Å². The summed E-state index contributed by atoms with van der Waals surface area (Å²) in [5.74, 6) is -1.92. The zero-order valence-corrected chi connectivity index (χ0v) is 22.5. The molecular formula is C29H24ClFN2O5S. The number of ether oxygens (including phenoxy) is 2. The quantitative estimate of drug-likeness (QED) is 0.229. The number of aliphatic hydroxyl groups excluding tert-OH is 1. The molecule has 5 rings (SSSR count). The summed E-state index contributed by atoms with van der Waals surface area (Å²) < 4.78 is 26.3. The molecule has 0 saturated carbocycles. The molecule has 0 fully saturated rings. The second-order valence-corrected chi connectivity index (χ2v) is 10.3. The van der Waals surface area contributed by atoms with Gasteiger partial charge in [0.15, 0.2) is 16.7 Å². The number of carbonyl (C=O) groups is 2. The van der Waals surface area contributed by atoms with E-state index in [0.717, 1.165) is 5.56 Å². The molecule has 3 aromatic carbocycles. The number of aryl methyl sites for hydroxylation is 1. The molecule has 1 atom stereocenters. The molecule has 7 nitrogen and oxygen atoms in total. The number of anilines is 1. The third-order valence-corrected chi connectivity index (χ3v) is 7.72. The van der Waals surface area contributed by atoms with E-state index in [4.69, 9.17) is 21.1 Å². The number of halogens is 2. The average molecular weight is 567 g/mol. The lowest BCUT2D eigenvalue weighted by Crippen LogP contribution is -2.31. The Labute approximate surface area is 233 Å². The topological polar surface area (TPSA) is 89.0 Å². The number of aromatic nitrogens is 1. The summed E-state index contributed by atoms with van der Waals surface area (Å²) >= 11 is 7.46. The molecule has 0 bridgehead atoms. The summed E-state index contributed by atoms with van der Waals surface area (Å²) in [6, 6.07) is 17.2. The molecule has 0 aliphatic carbocycles. The van der Waals surface area contributed by atoms with Crippen molar-refractivity contribution in [1.82, 2.24) is 4.98 Å². The Bertz CT molecular complexity index is 1570. The molecule has 0 saturated heterocycles. The molecule has 1 aliphatic heterocycles. The van der Waals surface area contributed by atoms with Crippen molar-refractivity contribution in [3.63, 3.8) is 0 Å². The molecule has 1 aromatic heterocycles. The highest BCUT2D eigenvalue weighted by Crippen LogP contribution is 2.45. The standard InChI is InChI=1S/C29H24ClFN2O5S/c1-37-15-16-38-18-12-9-17(10-13-18)11-14-22(34)24-26(19-5-2-3-7-21(19)31)33(28(36)27(24)35)29-32-25-20(30)6-4-8-23(25)39-29/h2-10,12-13,26,35H,11,14-16H2,1H3. The Morgan fingerprint density at radius 3 is 2.59 bits per heavy atom. The van der Waals surface area contributed by atoms with Crippen LogP contribution in [0.5, 0.6) is 5.75 Å². The van der Waals surface area contributed by atoms with Gasteiger partial charge in [-0.1, -0.05) is 59.3 Å². The number of hydrogen-bond acceptors (Lipinski definition) is 7. The van der Waals surface area contributed by atoms with Gasteiger partial charge in [-0.25, -0.2) is 9.37 Å². The Morgan fingerprint density at radius 2 is 1.87 bits per heavy atom. The molecule has 2 heterocycles. The first-order chi connectivity index (χ1) is 18.9. The van der Waals surface area contributed by atoms with Crippen molar-refractivity contribution in [3.05, 3.63) is 100 Å². The summed E-state index contributed by atoms with van der Waals surface area (Å²) in [5, 5.41) is 11.5. The van der Waals surface area contributed by atoms with Crippen LogP contribution in [0.15, 0.2) is 78.1 Å². The maximum Gasteiger partial charge on any atom is 0.296 e. The summed E-state index contributed by atoms with van der Waals surface area (Å²) in [7, 11) is 1.60. The molecule has 1 unspecified atom stereocenters. The van der Waals surface area contributed by atoms with Crippen molar-refractivity contribution in [2.24, 2.45) is 0 Å². The van der Waals surface area contributed by atoms with Crippen molar-refractivity contribution in [1.29, 1.82) is 0 Å². The number of amides is 1. The number of carbonyl (C=O) groups excluding carboxylic acids is 2. The van der Waals surface area contributed by atoms with Gasteiger partial charge in [0, 0.05) is 19.1 Å². The Hall–Kier alpha value is -3.79. The number of fused-ring (bicyclic) bond motifs is 1. The van der Waals surface area contributed by atoms with Crippen LogP contribution < -0.4 is 9.64 Å². The van der Waals surface area contributed by atoms with E-state index in [0.29, 0.717) is 40.6 Å². The normalized spacial score (nSPS) is 15.4. The second-order valence-electron chi connectivity index (χ2n) is 8.85. The summed E-state index contributed by atoms with van der Waals surface area (Å²) in [6.45, 7) is 0.891. The van der Waals surface area contributed by atoms with Crippen LogP contribution in [0.25, 0.3) is 10.2 Å². The highest BCUT2D eigenvalue weighted by atomic mass is 35.5. The van der Waals surface area contributed by atoms with Crippen LogP contribution in [0.4, 0.5) is 9.52 Å². The summed E-state index contributed by atoms with van der Waals surface area (Å²) in [4.78, 5) is 32.6. The van der Waals surface area contributed by atoms with E-state index < -0.39 is 29.3 Å². The first-order valence-electron chi connectivity index (χ1n) is 12.2. The summed E-state index contributed by atoms with van der Waals surface area (Å²) in [6.07, 6.45) is 0.351. The minimum absolute atomic E-state index is 0.00101. The monoisotopic (exact) mass is 566 g/mol. The smallest absolute Gasteiger partial charge is 0.296 e. The third kappa shape index (κ3) is 5.38. The lowest BCUT2D eigenvalue weighted by atomic mass is 9.93. The van der Waals surface area contributed by atoms with Gasteiger partial charge in [-0.15, -0.1) is 0 Å². The second kappa shape index (κ2) is 11.5. The zero-order valence-electron chi connectivity index (χ0n) is 20.9. The lowest BCUT2D eigenvalue weighted by molar-refractivity contribution is -0.118. The Morgan fingerprint density at radius 1 is 1.10 bits per heavy atom. The minimum atomic E-state index is -1.18. The van der Waals surface area contributed by atoms with Gasteiger partial charge >= 0.3 is 0 Å². The van der Waals surface area contributed by atoms with Gasteiger partial charge in [0.05, 0.1) is 21.9 Å². The molecule has 0 radical (unpaired) electrons. The Balaban J connectivity index is 1.44. The Kier molecular flexibility index (Phi) is 7.92. The van der Waals surface area contributed by atoms with Gasteiger partial charge in [-0.3, -0.25) is 14.5 Å². The molecular weight excluding hydrogens is 543 g/mol. The zero-order chi connectivity index (χ0) is 27.5. The van der Waals surface area contributed by atoms with Crippen molar-refractivity contribution in [2.75, 3.05) is 25.2 Å². The average Bonchev–Trinajstić information content (AvgIpc) is 3.48. The van der Waals surface area contributed by atoms with E-state index in [9.17, 15) is 14.7 Å². The van der Waals surface area contributed by atoms with Crippen LogP contribution in [0.2, 0.25) is 5.02 Å². The predicted molar refractivity (Wildman–Crippen MR) is 148 cm³/mol. The van der Waals surface area contributed by atoms with Gasteiger partial charge in [-0.05, 0) is 42.3 Å². The van der Waals surface area contributed by atoms with Crippen LogP contribution in [0, 0.1) is 5.82 Å². The molecule has 39 heavy (non-hydrogen) atoms. The number of ketones is 1. The summed E-state index contributed by atoms with van der Waals surface area (Å²) in [5.41, 5.74) is 1.27. The van der Waals surface area contributed by atoms with Crippen LogP contribution in [-0.4, -0.2) is 42.1 Å². The van der Waals surface area contributed by atoms with Crippen LogP contribution >= 0.6 is 22.9 Å². The van der Waals surface area contributed by atoms with Crippen molar-refractivity contribution in [3.8, 4) is 5.75 Å². The molecule has 0 spiro atoms. The number of thiazole rings is 1. The van der Waals surface area contributed by atoms with Gasteiger partial charge in [0.2, 0.25) is 0 Å². The van der Waals surface area contributed by atoms with Gasteiger partial charge < -0.3 is 14.6 Å². The van der Waals surface area contributed by atoms with E-state index in [-0.39, 0.29) is 22.7 Å². The minimum Gasteiger partial charge on any atom is -0.503 e. The van der Waals surface area contributed by atoms with Crippen molar-refractivity contribution < 1.29 is 28.6 Å². The fourth-order valence-corrected chi connectivity index (χ4v) is 5.76. The highest BCUT2D eigenvalue weighted by Gasteiger charge is 2.46. The van der Waals surface area contributed by atoms with Crippen LogP contribution in [0.1, 0.15) is 23.6 Å². The van der Waals surface area contributed by atoms with Gasteiger partial charge in [0.25, 0.3) is 5.91 Å². The predicted octanol–water partition coefficient (Wildman–Crippen LogP) is 6.22. The number of methoxy groups -OCH3 is 1. The van der Waals surface area contributed by atoms with Gasteiger partial charge in [-0.2, -0.15) is 0 Å². The molecule has 4 aromatic rings. The van der Waals surface area contributed by atoms with Crippen LogP contribution in [0.3, 0.4) is 0 Å². The number of hydrogen-bond donors (Lipinski definition) is 1. The van der Waals surface area contributed by atoms with E-state index in [1.54, 1.807) is 43.5 Å². The van der Waals surface area contributed by atoms with E-state index in [1.165, 1.54) is 34.4 Å². The fourth-order valence-electron chi connectivity index (χ4n) is 4.47. The SMILES string of the molecule is COCCOc1ccc(CCC(=O)C2=C(O)C(=O)N(c3nc4c(Cl)cccc4s3)C2c2ccccc2F)cc1. The number of aliphatic hydroxyl groups is 1. The third-order valence-electron chi connectivity index (χ3n) is 6.39. The first-order valence-corrected chi connectivity index (χ1v) is 13.4. The number of nitrogens with zero attached hydrogens (tertiary/aromatic N) is 2. The van der Waals surface area contributed by atoms with E-state index in [1.807, 2.05) is 12.1 Å². The number of rotatable bonds is 10. The van der Waals surface area contributed by atoms with Crippen molar-refractivity contribution in [2.45, 2.75) is 18.9 Å². The maximum absolute atomic E-state index is 15.1. The van der Waals surface area contributed by atoms with E-state index >= 15 is 4.39 Å². The maximum atomic E-state index is 15.1. The largest absolute Gasteiger partial charge is 0.503 e. The lowest BCUT2D eigenvalue weighted by Gasteiger charge is -2.24. The van der Waals surface area contributed by atoms with Crippen LogP contribution in [-0.2, 0) is 20.7 Å². The molecule has 1 amide bonds. The van der Waals surface area contributed by atoms with Crippen molar-refractivity contribution >= 4 is 50.0 Å². The first kappa shape index (κ1) is 26.8. The molecule has 1 N–H and O–H groups in total. The number of Topliss-reactive ketones (excluding diaryl/α,β-unsaturated/α-hetero) is 1. The van der Waals surface area contributed by atoms with E-state index in [2.05, 4.69) is 4.98 Å². The molecule has 200 valence electrons. The molecule has 10 heteroatoms. The number of para-hydroxylation sites is 1. The highest BCUT2D eigenvalue weighted by molar-refractivity contribution is 7.22. The number of benzene rings is 3. The molecule has 1 aliphatic rings.